The van der Waals surface area contributed by atoms with Gasteiger partial charge in [-0.2, -0.15) is 0 Å². The van der Waals surface area contributed by atoms with E-state index in [1.54, 1.807) is 13.8 Å². The van der Waals surface area contributed by atoms with Gasteiger partial charge in [0.2, 0.25) is 0 Å². The van der Waals surface area contributed by atoms with Gasteiger partial charge in [-0.25, -0.2) is 0 Å². The molecular weight excluding hydrogens is 200 g/mol. The zero-order valence-electron chi connectivity index (χ0n) is 9.46. The first kappa shape index (κ1) is 13.9. The van der Waals surface area contributed by atoms with Crippen molar-refractivity contribution in [2.45, 2.75) is 51.7 Å². The van der Waals surface area contributed by atoms with Gasteiger partial charge in [0.25, 0.3) is 0 Å². The van der Waals surface area contributed by atoms with E-state index in [0.29, 0.717) is 0 Å². The van der Waals surface area contributed by atoms with E-state index in [1.807, 2.05) is 0 Å². The van der Waals surface area contributed by atoms with E-state index in [0.717, 1.165) is 0 Å². The number of aliphatic carboxylic acids is 2. The monoisotopic (exact) mass is 216 g/mol. The molecule has 2 atom stereocenters. The lowest BCUT2D eigenvalue weighted by Crippen LogP contribution is -2.57. The molecule has 0 unspecified atom stereocenters. The van der Waals surface area contributed by atoms with Crippen molar-refractivity contribution in [2.24, 2.45) is 0 Å². The molecule has 15 heavy (non-hydrogen) atoms. The van der Waals surface area contributed by atoms with Crippen LogP contribution in [0.4, 0.5) is 0 Å². The molecule has 5 heteroatoms. The van der Waals surface area contributed by atoms with Gasteiger partial charge in [-0.3, -0.25) is 0 Å². The molecule has 0 aliphatic rings. The first-order valence-corrected chi connectivity index (χ1v) is 4.85. The van der Waals surface area contributed by atoms with Crippen LogP contribution in [0.15, 0.2) is 0 Å². The zero-order valence-corrected chi connectivity index (χ0v) is 9.46. The summed E-state index contributed by atoms with van der Waals surface area (Å²) in [5, 5.41) is 21.6. The van der Waals surface area contributed by atoms with Gasteiger partial charge < -0.3 is 24.5 Å². The van der Waals surface area contributed by atoms with Gasteiger partial charge in [-0.05, 0) is 26.7 Å². The van der Waals surface area contributed by atoms with Crippen LogP contribution >= 0.6 is 0 Å². The Hall–Kier alpha value is -1.10. The highest BCUT2D eigenvalue weighted by molar-refractivity contribution is 5.78. The summed E-state index contributed by atoms with van der Waals surface area (Å²) in [7, 11) is 0. The molecule has 0 aromatic carbocycles. The third kappa shape index (κ3) is 2.92. The fraction of sp³-hybridized carbons (Fsp3) is 0.800. The number of carbonyl (C=O) groups excluding carboxylic acids is 2. The molecule has 0 aromatic rings. The Morgan fingerprint density at radius 1 is 1.00 bits per heavy atom. The quantitative estimate of drug-likeness (QED) is 0.558. The summed E-state index contributed by atoms with van der Waals surface area (Å²) in [4.78, 5) is 21.6. The molecule has 88 valence electrons. The maximum Gasteiger partial charge on any atom is 0.106 e. The van der Waals surface area contributed by atoms with E-state index in [2.05, 4.69) is 0 Å². The fourth-order valence-electron chi connectivity index (χ4n) is 1.01. The summed E-state index contributed by atoms with van der Waals surface area (Å²) < 4.78 is 5.12. The maximum atomic E-state index is 10.8. The predicted molar refractivity (Wildman–Crippen MR) is 48.5 cm³/mol. The first-order chi connectivity index (χ1) is 6.72. The minimum absolute atomic E-state index is 0.123. The normalized spacial score (nSPS) is 18.9. The van der Waals surface area contributed by atoms with Crippen LogP contribution in [-0.2, 0) is 14.3 Å². The highest BCUT2D eigenvalue weighted by atomic mass is 16.6. The molecule has 0 aliphatic carbocycles. The number of rotatable bonds is 6. The van der Waals surface area contributed by atoms with Crippen molar-refractivity contribution in [3.8, 4) is 0 Å². The van der Waals surface area contributed by atoms with Gasteiger partial charge in [0.15, 0.2) is 0 Å². The molecule has 0 N–H and O–H groups in total. The summed E-state index contributed by atoms with van der Waals surface area (Å²) >= 11 is 0. The minimum Gasteiger partial charge on any atom is -0.547 e. The summed E-state index contributed by atoms with van der Waals surface area (Å²) in [6.45, 7) is 5.75. The maximum absolute atomic E-state index is 10.8. The number of carboxylic acids is 2. The van der Waals surface area contributed by atoms with E-state index in [1.165, 1.54) is 13.8 Å². The second kappa shape index (κ2) is 4.61. The Bertz CT molecular complexity index is 237. The molecule has 0 saturated carbocycles. The fourth-order valence-corrected chi connectivity index (χ4v) is 1.01. The molecule has 0 saturated heterocycles. The van der Waals surface area contributed by atoms with Gasteiger partial charge in [-0.15, -0.1) is 0 Å². The number of ether oxygens (including phenoxy) is 1. The Morgan fingerprint density at radius 2 is 1.27 bits per heavy atom. The van der Waals surface area contributed by atoms with Crippen molar-refractivity contribution in [3.63, 3.8) is 0 Å². The van der Waals surface area contributed by atoms with Crippen LogP contribution in [-0.4, -0.2) is 23.1 Å². The molecule has 0 bridgehead atoms. The third-order valence-corrected chi connectivity index (χ3v) is 2.66. The van der Waals surface area contributed by atoms with Crippen molar-refractivity contribution in [3.05, 3.63) is 0 Å². The van der Waals surface area contributed by atoms with E-state index < -0.39 is 23.1 Å². The van der Waals surface area contributed by atoms with Crippen molar-refractivity contribution < 1.29 is 24.5 Å². The third-order valence-electron chi connectivity index (χ3n) is 2.66. The van der Waals surface area contributed by atoms with Crippen molar-refractivity contribution in [1.82, 2.24) is 0 Å². The Morgan fingerprint density at radius 3 is 1.40 bits per heavy atom. The SMILES string of the molecule is CC[C@](C)(O[C@@](C)(CC)C(=O)[O-])C(=O)[O-]. The number of carbonyl (C=O) groups is 2. The lowest BCUT2D eigenvalue weighted by molar-refractivity contribution is -0.348. The average molecular weight is 216 g/mol. The van der Waals surface area contributed by atoms with Gasteiger partial charge in [-0.1, -0.05) is 13.8 Å². The highest BCUT2D eigenvalue weighted by Crippen LogP contribution is 2.25. The number of hydrogen-bond acceptors (Lipinski definition) is 5. The second-order valence-corrected chi connectivity index (χ2v) is 3.85. The Balaban J connectivity index is 4.95. The van der Waals surface area contributed by atoms with Crippen LogP contribution in [0.3, 0.4) is 0 Å². The molecule has 0 amide bonds. The molecule has 0 fully saturated rings. The standard InChI is InChI=1S/C10H18O5/c1-5-9(3,7(11)12)15-10(4,6-2)8(13)14/h5-6H2,1-4H3,(H,11,12)(H,13,14)/p-2/t9-,10-/m0/s1. The smallest absolute Gasteiger partial charge is 0.106 e. The lowest BCUT2D eigenvalue weighted by Gasteiger charge is -2.40. The predicted octanol–water partition coefficient (Wildman–Crippen LogP) is -1.16. The Kier molecular flexibility index (Phi) is 4.27. The topological polar surface area (TPSA) is 89.5 Å². The molecule has 5 nitrogen and oxygen atoms in total. The lowest BCUT2D eigenvalue weighted by atomic mass is 9.98. The Labute approximate surface area is 89.0 Å². The van der Waals surface area contributed by atoms with E-state index in [-0.39, 0.29) is 12.8 Å². The average Bonchev–Trinajstić information content (AvgIpc) is 2.16. The van der Waals surface area contributed by atoms with E-state index in [4.69, 9.17) is 4.74 Å². The number of hydrogen-bond donors (Lipinski definition) is 0. The molecular formula is C10H16O5-2. The molecule has 0 aliphatic heterocycles. The first-order valence-electron chi connectivity index (χ1n) is 4.85. The molecule has 0 spiro atoms. The molecule has 0 rings (SSSR count). The second-order valence-electron chi connectivity index (χ2n) is 3.85. The zero-order chi connectivity index (χ0) is 12.3. The van der Waals surface area contributed by atoms with E-state index >= 15 is 0 Å². The van der Waals surface area contributed by atoms with Crippen molar-refractivity contribution in [1.29, 1.82) is 0 Å². The minimum atomic E-state index is -1.61. The molecule has 0 radical (unpaired) electrons. The largest absolute Gasteiger partial charge is 0.547 e. The molecule has 0 heterocycles. The van der Waals surface area contributed by atoms with Gasteiger partial charge in [0.05, 0.1) is 11.9 Å². The summed E-state index contributed by atoms with van der Waals surface area (Å²) in [6, 6.07) is 0. The van der Waals surface area contributed by atoms with Crippen LogP contribution in [0.5, 0.6) is 0 Å². The summed E-state index contributed by atoms with van der Waals surface area (Å²) in [6.07, 6.45) is 0.246. The van der Waals surface area contributed by atoms with Crippen LogP contribution in [0.25, 0.3) is 0 Å². The van der Waals surface area contributed by atoms with Crippen LogP contribution in [0.2, 0.25) is 0 Å². The van der Waals surface area contributed by atoms with Gasteiger partial charge >= 0.3 is 0 Å². The van der Waals surface area contributed by atoms with Crippen molar-refractivity contribution >= 4 is 11.9 Å². The molecule has 0 aromatic heterocycles. The highest BCUT2D eigenvalue weighted by Gasteiger charge is 2.35. The van der Waals surface area contributed by atoms with Crippen LogP contribution < -0.4 is 10.2 Å². The van der Waals surface area contributed by atoms with E-state index in [9.17, 15) is 19.8 Å². The summed E-state index contributed by atoms with van der Waals surface area (Å²) in [5.41, 5.74) is -3.21. The van der Waals surface area contributed by atoms with Crippen LogP contribution in [0, 0.1) is 0 Å². The summed E-state index contributed by atoms with van der Waals surface area (Å²) in [5.74, 6) is -2.85. The van der Waals surface area contributed by atoms with Crippen LogP contribution in [0.1, 0.15) is 40.5 Å². The van der Waals surface area contributed by atoms with Gasteiger partial charge in [0, 0.05) is 0 Å². The van der Waals surface area contributed by atoms with Crippen molar-refractivity contribution in [2.75, 3.05) is 0 Å². The van der Waals surface area contributed by atoms with Gasteiger partial charge in [0.1, 0.15) is 11.2 Å². The number of carboxylic acid groups (broad SMARTS) is 2.